The van der Waals surface area contributed by atoms with Crippen molar-refractivity contribution in [1.29, 1.82) is 0 Å². The average Bonchev–Trinajstić information content (AvgIpc) is 2.33. The highest BCUT2D eigenvalue weighted by Crippen LogP contribution is 2.35. The van der Waals surface area contributed by atoms with Crippen LogP contribution in [0.2, 0.25) is 5.02 Å². The number of hydrogen-bond acceptors (Lipinski definition) is 1. The van der Waals surface area contributed by atoms with Crippen molar-refractivity contribution in [3.63, 3.8) is 0 Å². The van der Waals surface area contributed by atoms with E-state index in [1.807, 2.05) is 6.07 Å². The fourth-order valence-electron chi connectivity index (χ4n) is 2.27. The van der Waals surface area contributed by atoms with E-state index in [2.05, 4.69) is 54.2 Å². The number of nitrogens with one attached hydrogen (secondary N) is 1. The molecule has 1 rings (SSSR count). The quantitative estimate of drug-likeness (QED) is 0.761. The zero-order chi connectivity index (χ0) is 12.8. The largest absolute Gasteiger partial charge is 0.310 e. The van der Waals surface area contributed by atoms with E-state index in [9.17, 15) is 0 Å². The molecule has 3 heteroatoms. The standard InChI is InChI=1S/C14H21BrClN/c1-4-10(5-2)14(17-6-3)11-8-7-9-12(15)13(11)16/h7-10,14,17H,4-6H2,1-3H3. The second-order valence-corrected chi connectivity index (χ2v) is 5.49. The molecule has 0 saturated carbocycles. The van der Waals surface area contributed by atoms with Crippen molar-refractivity contribution < 1.29 is 0 Å². The summed E-state index contributed by atoms with van der Waals surface area (Å²) in [5.41, 5.74) is 1.21. The number of rotatable bonds is 6. The smallest absolute Gasteiger partial charge is 0.0595 e. The van der Waals surface area contributed by atoms with E-state index in [0.717, 1.165) is 28.9 Å². The highest BCUT2D eigenvalue weighted by atomic mass is 79.9. The molecule has 96 valence electrons. The van der Waals surface area contributed by atoms with Crippen LogP contribution in [0.25, 0.3) is 0 Å². The van der Waals surface area contributed by atoms with Crippen LogP contribution >= 0.6 is 27.5 Å². The van der Waals surface area contributed by atoms with E-state index in [-0.39, 0.29) is 0 Å². The minimum atomic E-state index is 0.347. The lowest BCUT2D eigenvalue weighted by Crippen LogP contribution is -2.28. The lowest BCUT2D eigenvalue weighted by molar-refractivity contribution is 0.346. The van der Waals surface area contributed by atoms with E-state index in [1.165, 1.54) is 5.56 Å². The zero-order valence-corrected chi connectivity index (χ0v) is 13.1. The molecule has 0 amide bonds. The van der Waals surface area contributed by atoms with E-state index in [0.29, 0.717) is 12.0 Å². The van der Waals surface area contributed by atoms with Gasteiger partial charge < -0.3 is 5.32 Å². The molecule has 1 unspecified atom stereocenters. The van der Waals surface area contributed by atoms with Crippen LogP contribution in [-0.4, -0.2) is 6.54 Å². The SMILES string of the molecule is CCNC(c1cccc(Br)c1Cl)C(CC)CC. The third-order valence-electron chi connectivity index (χ3n) is 3.26. The van der Waals surface area contributed by atoms with Gasteiger partial charge in [0.15, 0.2) is 0 Å². The van der Waals surface area contributed by atoms with Crippen molar-refractivity contribution in [2.45, 2.75) is 39.7 Å². The molecule has 1 N–H and O–H groups in total. The number of hydrogen-bond donors (Lipinski definition) is 1. The summed E-state index contributed by atoms with van der Waals surface area (Å²) in [7, 11) is 0. The first-order valence-electron chi connectivity index (χ1n) is 6.32. The Bertz CT molecular complexity index is 350. The Morgan fingerprint density at radius 3 is 2.41 bits per heavy atom. The van der Waals surface area contributed by atoms with Gasteiger partial charge in [0.2, 0.25) is 0 Å². The molecular weight excluding hydrogens is 298 g/mol. The van der Waals surface area contributed by atoms with Crippen LogP contribution < -0.4 is 5.32 Å². The summed E-state index contributed by atoms with van der Waals surface area (Å²) in [4.78, 5) is 0. The lowest BCUT2D eigenvalue weighted by atomic mass is 9.89. The molecule has 0 heterocycles. The first-order chi connectivity index (χ1) is 8.15. The molecule has 0 bridgehead atoms. The fourth-order valence-corrected chi connectivity index (χ4v) is 2.90. The van der Waals surface area contributed by atoms with Crippen LogP contribution in [0.5, 0.6) is 0 Å². The van der Waals surface area contributed by atoms with Gasteiger partial charge in [0.05, 0.1) is 5.02 Å². The van der Waals surface area contributed by atoms with Crippen LogP contribution in [-0.2, 0) is 0 Å². The van der Waals surface area contributed by atoms with Crippen molar-refractivity contribution in [3.05, 3.63) is 33.3 Å². The van der Waals surface area contributed by atoms with E-state index >= 15 is 0 Å². The van der Waals surface area contributed by atoms with Gasteiger partial charge in [-0.05, 0) is 40.0 Å². The molecule has 0 aliphatic carbocycles. The van der Waals surface area contributed by atoms with Crippen molar-refractivity contribution in [3.8, 4) is 0 Å². The Hall–Kier alpha value is -0.0500. The topological polar surface area (TPSA) is 12.0 Å². The Morgan fingerprint density at radius 1 is 1.24 bits per heavy atom. The Kier molecular flexibility index (Phi) is 6.53. The molecule has 1 aromatic carbocycles. The Balaban J connectivity index is 3.08. The van der Waals surface area contributed by atoms with Crippen molar-refractivity contribution in [2.75, 3.05) is 6.54 Å². The second-order valence-electron chi connectivity index (χ2n) is 4.25. The number of benzene rings is 1. The first-order valence-corrected chi connectivity index (χ1v) is 7.49. The van der Waals surface area contributed by atoms with E-state index in [1.54, 1.807) is 0 Å². The summed E-state index contributed by atoms with van der Waals surface area (Å²) in [5.74, 6) is 0.627. The highest BCUT2D eigenvalue weighted by molar-refractivity contribution is 9.10. The van der Waals surface area contributed by atoms with Crippen molar-refractivity contribution in [2.24, 2.45) is 5.92 Å². The molecule has 0 saturated heterocycles. The minimum absolute atomic E-state index is 0.347. The van der Waals surface area contributed by atoms with Gasteiger partial charge in [-0.3, -0.25) is 0 Å². The number of halogens is 2. The lowest BCUT2D eigenvalue weighted by Gasteiger charge is -2.27. The van der Waals surface area contributed by atoms with Crippen LogP contribution in [0, 0.1) is 5.92 Å². The molecule has 1 aromatic rings. The molecule has 0 aliphatic heterocycles. The summed E-state index contributed by atoms with van der Waals surface area (Å²) in [6.07, 6.45) is 2.33. The maximum atomic E-state index is 6.39. The van der Waals surface area contributed by atoms with Gasteiger partial charge in [-0.1, -0.05) is 57.3 Å². The molecule has 0 aliphatic rings. The van der Waals surface area contributed by atoms with Crippen LogP contribution in [0.1, 0.15) is 45.2 Å². The summed E-state index contributed by atoms with van der Waals surface area (Å²) in [6.45, 7) is 7.58. The van der Waals surface area contributed by atoms with Gasteiger partial charge in [-0.15, -0.1) is 0 Å². The average molecular weight is 319 g/mol. The normalized spacial score (nSPS) is 13.1. The molecule has 1 nitrogen and oxygen atoms in total. The van der Waals surface area contributed by atoms with Gasteiger partial charge in [0.25, 0.3) is 0 Å². The molecule has 0 aromatic heterocycles. The first kappa shape index (κ1) is 15.0. The van der Waals surface area contributed by atoms with Crippen LogP contribution in [0.15, 0.2) is 22.7 Å². The van der Waals surface area contributed by atoms with Gasteiger partial charge >= 0.3 is 0 Å². The van der Waals surface area contributed by atoms with Crippen molar-refractivity contribution in [1.82, 2.24) is 5.32 Å². The predicted octanol–water partition coefficient (Wildman–Crippen LogP) is 5.19. The highest BCUT2D eigenvalue weighted by Gasteiger charge is 2.22. The molecular formula is C14H21BrClN. The summed E-state index contributed by atoms with van der Waals surface area (Å²) in [6, 6.07) is 6.51. The predicted molar refractivity (Wildman–Crippen MR) is 79.6 cm³/mol. The van der Waals surface area contributed by atoms with Gasteiger partial charge in [0, 0.05) is 10.5 Å². The van der Waals surface area contributed by atoms with Crippen molar-refractivity contribution >= 4 is 27.5 Å². The summed E-state index contributed by atoms with van der Waals surface area (Å²) >= 11 is 9.89. The second kappa shape index (κ2) is 7.40. The molecule has 17 heavy (non-hydrogen) atoms. The Labute approximate surface area is 118 Å². The summed E-state index contributed by atoms with van der Waals surface area (Å²) < 4.78 is 0.977. The van der Waals surface area contributed by atoms with Gasteiger partial charge in [-0.2, -0.15) is 0 Å². The van der Waals surface area contributed by atoms with Crippen LogP contribution in [0.3, 0.4) is 0 Å². The summed E-state index contributed by atoms with van der Waals surface area (Å²) in [5, 5.41) is 4.40. The maximum Gasteiger partial charge on any atom is 0.0595 e. The molecule has 0 radical (unpaired) electrons. The zero-order valence-electron chi connectivity index (χ0n) is 10.8. The van der Waals surface area contributed by atoms with Gasteiger partial charge in [-0.25, -0.2) is 0 Å². The minimum Gasteiger partial charge on any atom is -0.310 e. The van der Waals surface area contributed by atoms with E-state index < -0.39 is 0 Å². The molecule has 0 fully saturated rings. The molecule has 1 atom stereocenters. The monoisotopic (exact) mass is 317 g/mol. The van der Waals surface area contributed by atoms with E-state index in [4.69, 9.17) is 11.6 Å². The maximum absolute atomic E-state index is 6.39. The fraction of sp³-hybridized carbons (Fsp3) is 0.571. The molecule has 0 spiro atoms. The van der Waals surface area contributed by atoms with Crippen LogP contribution in [0.4, 0.5) is 0 Å². The Morgan fingerprint density at radius 2 is 1.88 bits per heavy atom. The third-order valence-corrected chi connectivity index (χ3v) is 4.57. The third kappa shape index (κ3) is 3.70. The van der Waals surface area contributed by atoms with Gasteiger partial charge in [0.1, 0.15) is 0 Å².